The predicted molar refractivity (Wildman–Crippen MR) is 67.7 cm³/mol. The average Bonchev–Trinajstić information content (AvgIpc) is 2.41. The molecule has 0 atom stereocenters. The SMILES string of the molecule is COc1ccc(C(=O)NC2CCC(F)(F)CC2)cc1. The van der Waals surface area contributed by atoms with E-state index in [9.17, 15) is 13.6 Å². The maximum absolute atomic E-state index is 13.0. The van der Waals surface area contributed by atoms with Crippen LogP contribution in [0.3, 0.4) is 0 Å². The van der Waals surface area contributed by atoms with Crippen LogP contribution in [0.2, 0.25) is 0 Å². The van der Waals surface area contributed by atoms with Crippen LogP contribution in [0, 0.1) is 0 Å². The molecular formula is C14H17F2NO2. The third kappa shape index (κ3) is 3.66. The number of ether oxygens (including phenoxy) is 1. The number of benzene rings is 1. The minimum atomic E-state index is -2.57. The highest BCUT2D eigenvalue weighted by atomic mass is 19.3. The van der Waals surface area contributed by atoms with E-state index in [4.69, 9.17) is 4.74 Å². The quantitative estimate of drug-likeness (QED) is 0.916. The second-order valence-corrected chi connectivity index (χ2v) is 4.83. The Balaban J connectivity index is 1.90. The molecule has 1 amide bonds. The summed E-state index contributed by atoms with van der Waals surface area (Å²) in [6.07, 6.45) is 0.352. The Hall–Kier alpha value is -1.65. The monoisotopic (exact) mass is 269 g/mol. The van der Waals surface area contributed by atoms with Gasteiger partial charge in [-0.05, 0) is 37.1 Å². The first-order valence-corrected chi connectivity index (χ1v) is 6.33. The number of nitrogens with one attached hydrogen (secondary N) is 1. The van der Waals surface area contributed by atoms with Crippen molar-refractivity contribution in [3.05, 3.63) is 29.8 Å². The molecule has 2 rings (SSSR count). The van der Waals surface area contributed by atoms with Gasteiger partial charge in [0.05, 0.1) is 7.11 Å². The zero-order valence-electron chi connectivity index (χ0n) is 10.8. The topological polar surface area (TPSA) is 38.3 Å². The van der Waals surface area contributed by atoms with Gasteiger partial charge >= 0.3 is 0 Å². The molecule has 1 saturated carbocycles. The van der Waals surface area contributed by atoms with Gasteiger partial charge in [0.1, 0.15) is 5.75 Å². The largest absolute Gasteiger partial charge is 0.497 e. The number of hydrogen-bond donors (Lipinski definition) is 1. The Morgan fingerprint density at radius 3 is 2.37 bits per heavy atom. The Bertz CT molecular complexity index is 435. The van der Waals surface area contributed by atoms with Crippen molar-refractivity contribution < 1.29 is 18.3 Å². The first-order chi connectivity index (χ1) is 9.00. The number of alkyl halides is 2. The van der Waals surface area contributed by atoms with E-state index in [1.807, 2.05) is 0 Å². The molecule has 0 heterocycles. The van der Waals surface area contributed by atoms with E-state index in [-0.39, 0.29) is 24.8 Å². The average molecular weight is 269 g/mol. The summed E-state index contributed by atoms with van der Waals surface area (Å²) in [5, 5.41) is 2.80. The zero-order valence-corrected chi connectivity index (χ0v) is 10.8. The molecule has 1 aromatic rings. The van der Waals surface area contributed by atoms with Crippen LogP contribution in [0.1, 0.15) is 36.0 Å². The molecule has 5 heteroatoms. The summed E-state index contributed by atoms with van der Waals surface area (Å²) in [5.41, 5.74) is 0.512. The van der Waals surface area contributed by atoms with E-state index in [1.165, 1.54) is 0 Å². The van der Waals surface area contributed by atoms with E-state index in [2.05, 4.69) is 5.32 Å². The minimum Gasteiger partial charge on any atom is -0.497 e. The highest BCUT2D eigenvalue weighted by molar-refractivity contribution is 5.94. The molecule has 0 bridgehead atoms. The van der Waals surface area contributed by atoms with E-state index in [0.29, 0.717) is 24.2 Å². The van der Waals surface area contributed by atoms with E-state index >= 15 is 0 Å². The van der Waals surface area contributed by atoms with Crippen molar-refractivity contribution in [1.29, 1.82) is 0 Å². The van der Waals surface area contributed by atoms with Gasteiger partial charge in [-0.3, -0.25) is 4.79 Å². The van der Waals surface area contributed by atoms with Gasteiger partial charge in [0, 0.05) is 24.4 Å². The Morgan fingerprint density at radius 1 is 1.26 bits per heavy atom. The smallest absolute Gasteiger partial charge is 0.251 e. The number of halogens is 2. The van der Waals surface area contributed by atoms with Crippen molar-refractivity contribution in [2.45, 2.75) is 37.6 Å². The Kier molecular flexibility index (Phi) is 4.02. The molecule has 1 aliphatic rings. The normalized spacial score (nSPS) is 18.9. The first kappa shape index (κ1) is 13.8. The number of carbonyl (C=O) groups excluding carboxylic acids is 1. The summed E-state index contributed by atoms with van der Waals surface area (Å²) in [6.45, 7) is 0. The molecule has 0 saturated heterocycles. The van der Waals surface area contributed by atoms with Crippen molar-refractivity contribution in [3.8, 4) is 5.75 Å². The Labute approximate surface area is 111 Å². The summed E-state index contributed by atoms with van der Waals surface area (Å²) in [5.74, 6) is -2.12. The summed E-state index contributed by atoms with van der Waals surface area (Å²) >= 11 is 0. The minimum absolute atomic E-state index is 0.152. The molecule has 1 fully saturated rings. The number of methoxy groups -OCH3 is 1. The summed E-state index contributed by atoms with van der Waals surface area (Å²) in [6, 6.07) is 6.56. The molecule has 0 aliphatic heterocycles. The third-order valence-corrected chi connectivity index (χ3v) is 3.40. The van der Waals surface area contributed by atoms with Gasteiger partial charge in [0.25, 0.3) is 5.91 Å². The molecule has 0 radical (unpaired) electrons. The number of rotatable bonds is 3. The van der Waals surface area contributed by atoms with Crippen LogP contribution in [0.15, 0.2) is 24.3 Å². The van der Waals surface area contributed by atoms with Crippen LogP contribution in [0.4, 0.5) is 8.78 Å². The summed E-state index contributed by atoms with van der Waals surface area (Å²) in [7, 11) is 1.55. The van der Waals surface area contributed by atoms with Crippen LogP contribution in [-0.4, -0.2) is 25.0 Å². The van der Waals surface area contributed by atoms with Crippen molar-refractivity contribution in [2.75, 3.05) is 7.11 Å². The molecule has 0 spiro atoms. The molecule has 0 unspecified atom stereocenters. The summed E-state index contributed by atoms with van der Waals surface area (Å²) in [4.78, 5) is 11.9. The molecular weight excluding hydrogens is 252 g/mol. The lowest BCUT2D eigenvalue weighted by Gasteiger charge is -2.28. The highest BCUT2D eigenvalue weighted by Gasteiger charge is 2.35. The second-order valence-electron chi connectivity index (χ2n) is 4.83. The standard InChI is InChI=1S/C14H17F2NO2/c1-19-12-4-2-10(3-5-12)13(18)17-11-6-8-14(15,16)9-7-11/h2-5,11H,6-9H2,1H3,(H,17,18). The van der Waals surface area contributed by atoms with Crippen LogP contribution in [0.25, 0.3) is 0 Å². The van der Waals surface area contributed by atoms with Crippen molar-refractivity contribution in [3.63, 3.8) is 0 Å². The van der Waals surface area contributed by atoms with Crippen molar-refractivity contribution in [2.24, 2.45) is 0 Å². The number of carbonyl (C=O) groups is 1. The lowest BCUT2D eigenvalue weighted by molar-refractivity contribution is -0.0399. The van der Waals surface area contributed by atoms with Gasteiger partial charge < -0.3 is 10.1 Å². The van der Waals surface area contributed by atoms with Crippen LogP contribution in [-0.2, 0) is 0 Å². The molecule has 19 heavy (non-hydrogen) atoms. The molecule has 3 nitrogen and oxygen atoms in total. The van der Waals surface area contributed by atoms with E-state index < -0.39 is 5.92 Å². The van der Waals surface area contributed by atoms with Gasteiger partial charge in [-0.15, -0.1) is 0 Å². The lowest BCUT2D eigenvalue weighted by Crippen LogP contribution is -2.40. The van der Waals surface area contributed by atoms with Gasteiger partial charge in [-0.1, -0.05) is 0 Å². The van der Waals surface area contributed by atoms with Crippen LogP contribution >= 0.6 is 0 Å². The molecule has 1 aliphatic carbocycles. The second kappa shape index (κ2) is 5.55. The predicted octanol–water partition coefficient (Wildman–Crippen LogP) is 3.00. The molecule has 0 aromatic heterocycles. The van der Waals surface area contributed by atoms with Crippen LogP contribution < -0.4 is 10.1 Å². The fourth-order valence-electron chi connectivity index (χ4n) is 2.20. The number of hydrogen-bond acceptors (Lipinski definition) is 2. The molecule has 1 aromatic carbocycles. The lowest BCUT2D eigenvalue weighted by atomic mass is 9.92. The zero-order chi connectivity index (χ0) is 13.9. The maximum Gasteiger partial charge on any atom is 0.251 e. The van der Waals surface area contributed by atoms with Gasteiger partial charge in [-0.25, -0.2) is 8.78 Å². The van der Waals surface area contributed by atoms with Crippen molar-refractivity contribution in [1.82, 2.24) is 5.32 Å². The first-order valence-electron chi connectivity index (χ1n) is 6.33. The fraction of sp³-hybridized carbons (Fsp3) is 0.500. The van der Waals surface area contributed by atoms with E-state index in [0.717, 1.165) is 0 Å². The van der Waals surface area contributed by atoms with Crippen LogP contribution in [0.5, 0.6) is 5.75 Å². The maximum atomic E-state index is 13.0. The molecule has 104 valence electrons. The van der Waals surface area contributed by atoms with Gasteiger partial charge in [0.2, 0.25) is 5.92 Å². The van der Waals surface area contributed by atoms with Gasteiger partial charge in [0.15, 0.2) is 0 Å². The summed E-state index contributed by atoms with van der Waals surface area (Å²) < 4.78 is 31.0. The Morgan fingerprint density at radius 2 is 1.84 bits per heavy atom. The van der Waals surface area contributed by atoms with Gasteiger partial charge in [-0.2, -0.15) is 0 Å². The van der Waals surface area contributed by atoms with Crippen molar-refractivity contribution >= 4 is 5.91 Å². The number of amides is 1. The third-order valence-electron chi connectivity index (χ3n) is 3.40. The highest BCUT2D eigenvalue weighted by Crippen LogP contribution is 2.33. The molecule has 1 N–H and O–H groups in total. The van der Waals surface area contributed by atoms with E-state index in [1.54, 1.807) is 31.4 Å². The fourth-order valence-corrected chi connectivity index (χ4v) is 2.20.